The number of rotatable bonds is 3. The zero-order chi connectivity index (χ0) is 13.9. The van der Waals surface area contributed by atoms with Crippen molar-refractivity contribution in [1.82, 2.24) is 0 Å². The minimum atomic E-state index is -0.162. The van der Waals surface area contributed by atoms with Crippen LogP contribution in [0.2, 0.25) is 0 Å². The van der Waals surface area contributed by atoms with E-state index in [0.29, 0.717) is 5.92 Å². The first-order valence-electron chi connectivity index (χ1n) is 8.22. The number of halogens is 1. The van der Waals surface area contributed by atoms with E-state index < -0.39 is 0 Å². The Morgan fingerprint density at radius 3 is 2.45 bits per heavy atom. The van der Waals surface area contributed by atoms with Gasteiger partial charge in [-0.15, -0.1) is 0 Å². The zero-order valence-corrected chi connectivity index (χ0v) is 12.2. The summed E-state index contributed by atoms with van der Waals surface area (Å²) in [5.74, 6) is 2.42. The highest BCUT2D eigenvalue weighted by atomic mass is 19.1. The van der Waals surface area contributed by atoms with Crippen LogP contribution in [0.5, 0.6) is 0 Å². The molecule has 0 radical (unpaired) electrons. The van der Waals surface area contributed by atoms with E-state index in [1.54, 1.807) is 12.1 Å². The van der Waals surface area contributed by atoms with Crippen molar-refractivity contribution in [3.8, 4) is 0 Å². The minimum absolute atomic E-state index is 0.162. The van der Waals surface area contributed by atoms with E-state index in [-0.39, 0.29) is 11.9 Å². The van der Waals surface area contributed by atoms with E-state index in [0.717, 1.165) is 18.3 Å². The molecule has 0 spiro atoms. The number of hydrogen-bond donors (Lipinski definition) is 1. The monoisotopic (exact) mass is 275 g/mol. The molecule has 0 aliphatic heterocycles. The van der Waals surface area contributed by atoms with Crippen molar-refractivity contribution < 1.29 is 4.39 Å². The van der Waals surface area contributed by atoms with E-state index in [2.05, 4.69) is 0 Å². The second-order valence-electron chi connectivity index (χ2n) is 6.87. The molecule has 0 heterocycles. The molecule has 2 aliphatic carbocycles. The normalized spacial score (nSPS) is 31.6. The largest absolute Gasteiger partial charge is 0.327 e. The Balaban J connectivity index is 1.57. The summed E-state index contributed by atoms with van der Waals surface area (Å²) in [4.78, 5) is 0. The Hall–Kier alpha value is -0.890. The minimum Gasteiger partial charge on any atom is -0.327 e. The molecule has 110 valence electrons. The van der Waals surface area contributed by atoms with Gasteiger partial charge in [0.1, 0.15) is 5.82 Å². The molecule has 2 fully saturated rings. The maximum Gasteiger partial charge on any atom is 0.123 e. The molecule has 0 aromatic heterocycles. The first-order chi connectivity index (χ1) is 9.72. The van der Waals surface area contributed by atoms with Gasteiger partial charge in [0.2, 0.25) is 0 Å². The highest BCUT2D eigenvalue weighted by Gasteiger charge is 2.34. The number of hydrogen-bond acceptors (Lipinski definition) is 1. The SMILES string of the molecule is NC(Cc1ccc(F)cc1)C1CCC2CCCCC2C1. The summed E-state index contributed by atoms with van der Waals surface area (Å²) in [6, 6.07) is 7.08. The molecule has 0 bridgehead atoms. The van der Waals surface area contributed by atoms with Crippen molar-refractivity contribution in [1.29, 1.82) is 0 Å². The van der Waals surface area contributed by atoms with Crippen molar-refractivity contribution >= 4 is 0 Å². The van der Waals surface area contributed by atoms with E-state index in [4.69, 9.17) is 5.73 Å². The molecule has 1 aromatic rings. The van der Waals surface area contributed by atoms with Gasteiger partial charge in [-0.3, -0.25) is 0 Å². The van der Waals surface area contributed by atoms with Gasteiger partial charge in [0.15, 0.2) is 0 Å². The van der Waals surface area contributed by atoms with Gasteiger partial charge in [-0.2, -0.15) is 0 Å². The van der Waals surface area contributed by atoms with Gasteiger partial charge in [0.25, 0.3) is 0 Å². The number of fused-ring (bicyclic) bond motifs is 1. The summed E-state index contributed by atoms with van der Waals surface area (Å²) in [6.45, 7) is 0. The fraction of sp³-hybridized carbons (Fsp3) is 0.667. The third-order valence-corrected chi connectivity index (χ3v) is 5.57. The van der Waals surface area contributed by atoms with Gasteiger partial charge in [-0.05, 0) is 61.1 Å². The molecule has 3 rings (SSSR count). The van der Waals surface area contributed by atoms with Crippen LogP contribution < -0.4 is 5.73 Å². The van der Waals surface area contributed by atoms with Crippen LogP contribution in [-0.4, -0.2) is 6.04 Å². The van der Waals surface area contributed by atoms with Crippen molar-refractivity contribution in [2.24, 2.45) is 23.5 Å². The summed E-state index contributed by atoms with van der Waals surface area (Å²) in [5, 5.41) is 0. The lowest BCUT2D eigenvalue weighted by molar-refractivity contribution is 0.117. The fourth-order valence-electron chi connectivity index (χ4n) is 4.36. The molecule has 2 heteroatoms. The number of nitrogens with two attached hydrogens (primary N) is 1. The highest BCUT2D eigenvalue weighted by molar-refractivity contribution is 5.17. The standard InChI is InChI=1S/C18H26FN/c19-17-9-5-13(6-10-17)11-18(20)16-8-7-14-3-1-2-4-15(14)12-16/h5-6,9-10,14-16,18H,1-4,7-8,11-12,20H2. The smallest absolute Gasteiger partial charge is 0.123 e. The highest BCUT2D eigenvalue weighted by Crippen LogP contribution is 2.43. The predicted octanol–water partition coefficient (Wildman–Crippen LogP) is 4.30. The van der Waals surface area contributed by atoms with E-state index in [1.165, 1.54) is 50.5 Å². The average molecular weight is 275 g/mol. The van der Waals surface area contributed by atoms with Gasteiger partial charge >= 0.3 is 0 Å². The van der Waals surface area contributed by atoms with Crippen LogP contribution in [0, 0.1) is 23.6 Å². The lowest BCUT2D eigenvalue weighted by Crippen LogP contribution is -2.38. The van der Waals surface area contributed by atoms with Crippen molar-refractivity contribution in [3.05, 3.63) is 35.6 Å². The predicted molar refractivity (Wildman–Crippen MR) is 80.9 cm³/mol. The van der Waals surface area contributed by atoms with Crippen LogP contribution in [0.3, 0.4) is 0 Å². The molecular formula is C18H26FN. The summed E-state index contributed by atoms with van der Waals surface area (Å²) >= 11 is 0. The molecule has 2 aliphatic rings. The van der Waals surface area contributed by atoms with Crippen LogP contribution in [-0.2, 0) is 6.42 Å². The number of benzene rings is 1. The Bertz CT molecular complexity index is 428. The maximum atomic E-state index is 12.9. The van der Waals surface area contributed by atoms with Crippen LogP contribution in [0.4, 0.5) is 4.39 Å². The van der Waals surface area contributed by atoms with Crippen molar-refractivity contribution in [3.63, 3.8) is 0 Å². The lowest BCUT2D eigenvalue weighted by Gasteiger charge is -2.41. The summed E-state index contributed by atoms with van der Waals surface area (Å²) in [7, 11) is 0. The van der Waals surface area contributed by atoms with Crippen molar-refractivity contribution in [2.45, 2.75) is 57.4 Å². The molecule has 1 nitrogen and oxygen atoms in total. The zero-order valence-electron chi connectivity index (χ0n) is 12.2. The van der Waals surface area contributed by atoms with Crippen molar-refractivity contribution in [2.75, 3.05) is 0 Å². The van der Waals surface area contributed by atoms with Gasteiger partial charge in [0, 0.05) is 6.04 Å². The first-order valence-corrected chi connectivity index (χ1v) is 8.22. The molecule has 4 atom stereocenters. The van der Waals surface area contributed by atoms with Crippen LogP contribution in [0.1, 0.15) is 50.5 Å². The lowest BCUT2D eigenvalue weighted by atomic mass is 9.66. The fourth-order valence-corrected chi connectivity index (χ4v) is 4.36. The second kappa shape index (κ2) is 6.26. The summed E-state index contributed by atoms with van der Waals surface area (Å²) in [6.07, 6.45) is 10.6. The Morgan fingerprint density at radius 1 is 1.00 bits per heavy atom. The van der Waals surface area contributed by atoms with E-state index in [9.17, 15) is 4.39 Å². The van der Waals surface area contributed by atoms with Gasteiger partial charge in [0.05, 0.1) is 0 Å². The molecular weight excluding hydrogens is 249 g/mol. The first kappa shape index (κ1) is 14.1. The maximum absolute atomic E-state index is 12.9. The summed E-state index contributed by atoms with van der Waals surface area (Å²) in [5.41, 5.74) is 7.62. The molecule has 0 saturated heterocycles. The molecule has 20 heavy (non-hydrogen) atoms. The Morgan fingerprint density at radius 2 is 1.70 bits per heavy atom. The van der Waals surface area contributed by atoms with Gasteiger partial charge in [-0.1, -0.05) is 37.8 Å². The van der Waals surface area contributed by atoms with Crippen LogP contribution in [0.25, 0.3) is 0 Å². The van der Waals surface area contributed by atoms with Gasteiger partial charge < -0.3 is 5.73 Å². The topological polar surface area (TPSA) is 26.0 Å². The third kappa shape index (κ3) is 3.22. The molecule has 4 unspecified atom stereocenters. The quantitative estimate of drug-likeness (QED) is 0.874. The summed E-state index contributed by atoms with van der Waals surface area (Å²) < 4.78 is 12.9. The second-order valence-corrected chi connectivity index (χ2v) is 6.87. The third-order valence-electron chi connectivity index (χ3n) is 5.57. The molecule has 1 aromatic carbocycles. The van der Waals surface area contributed by atoms with E-state index in [1.807, 2.05) is 12.1 Å². The average Bonchev–Trinajstić information content (AvgIpc) is 2.49. The van der Waals surface area contributed by atoms with E-state index >= 15 is 0 Å². The van der Waals surface area contributed by atoms with Gasteiger partial charge in [-0.25, -0.2) is 4.39 Å². The van der Waals surface area contributed by atoms with Crippen LogP contribution >= 0.6 is 0 Å². The Kier molecular flexibility index (Phi) is 4.40. The molecule has 2 saturated carbocycles. The van der Waals surface area contributed by atoms with Crippen LogP contribution in [0.15, 0.2) is 24.3 Å². The Labute approximate surface area is 121 Å². The molecule has 0 amide bonds. The molecule has 2 N–H and O–H groups in total.